The van der Waals surface area contributed by atoms with Gasteiger partial charge in [0.1, 0.15) is 0 Å². The second-order valence-corrected chi connectivity index (χ2v) is 6.33. The molecule has 0 atom stereocenters. The highest BCUT2D eigenvalue weighted by molar-refractivity contribution is 5.62. The number of aryl methyl sites for hydroxylation is 1. The molecule has 0 amide bonds. The number of aromatic nitrogens is 2. The molecule has 5 nitrogen and oxygen atoms in total. The minimum absolute atomic E-state index is 0.896. The molecular weight excluding hydrogens is 274 g/mol. The van der Waals surface area contributed by atoms with E-state index in [4.69, 9.17) is 0 Å². The molecule has 2 aliphatic rings. The highest BCUT2D eigenvalue weighted by Gasteiger charge is 2.31. The monoisotopic (exact) mass is 297 g/mol. The Hall–Kier alpha value is -2.01. The normalized spacial score (nSPS) is 19.4. The van der Waals surface area contributed by atoms with E-state index in [1.165, 1.54) is 31.6 Å². The van der Waals surface area contributed by atoms with Gasteiger partial charge in [-0.2, -0.15) is 5.10 Å². The van der Waals surface area contributed by atoms with Crippen LogP contribution < -0.4 is 10.2 Å². The number of nitrogens with one attached hydrogen (secondary N) is 1. The molecular formula is C17H23N5. The summed E-state index contributed by atoms with van der Waals surface area (Å²) in [7, 11) is 1.93. The topological polar surface area (TPSA) is 36.3 Å². The lowest BCUT2D eigenvalue weighted by atomic mass is 10.2. The zero-order valence-corrected chi connectivity index (χ0v) is 13.1. The predicted octanol–water partition coefficient (Wildman–Crippen LogP) is 2.45. The molecule has 0 spiro atoms. The van der Waals surface area contributed by atoms with Crippen molar-refractivity contribution < 1.29 is 0 Å². The predicted molar refractivity (Wildman–Crippen MR) is 89.7 cm³/mol. The van der Waals surface area contributed by atoms with Gasteiger partial charge >= 0.3 is 0 Å². The first kappa shape index (κ1) is 13.6. The number of hydrogen-bond acceptors (Lipinski definition) is 4. The van der Waals surface area contributed by atoms with E-state index in [0.29, 0.717) is 0 Å². The number of nitrogens with zero attached hydrogens (tertiary/aromatic N) is 4. The average Bonchev–Trinajstić information content (AvgIpc) is 3.32. The van der Waals surface area contributed by atoms with Gasteiger partial charge in [-0.3, -0.25) is 9.58 Å². The van der Waals surface area contributed by atoms with E-state index in [9.17, 15) is 0 Å². The molecule has 22 heavy (non-hydrogen) atoms. The number of rotatable bonds is 4. The Bertz CT molecular complexity index is 621. The van der Waals surface area contributed by atoms with E-state index in [0.717, 1.165) is 30.5 Å². The summed E-state index contributed by atoms with van der Waals surface area (Å²) in [5.74, 6) is 0. The van der Waals surface area contributed by atoms with Crippen molar-refractivity contribution in [1.82, 2.24) is 14.7 Å². The molecule has 2 aromatic rings. The second-order valence-electron chi connectivity index (χ2n) is 6.33. The number of anilines is 3. The minimum Gasteiger partial charge on any atom is -0.369 e. The SMILES string of the molecule is Cn1cc(Nc2ccc(N3CCN(C4CC4)CC3)cc2)cn1. The summed E-state index contributed by atoms with van der Waals surface area (Å²) in [5.41, 5.74) is 3.45. The molecule has 0 bridgehead atoms. The molecule has 4 rings (SSSR count). The molecule has 2 fully saturated rings. The molecule has 1 aromatic heterocycles. The van der Waals surface area contributed by atoms with Gasteiger partial charge in [-0.1, -0.05) is 0 Å². The summed E-state index contributed by atoms with van der Waals surface area (Å²) in [6.45, 7) is 4.71. The third-order valence-corrected chi connectivity index (χ3v) is 4.60. The maximum absolute atomic E-state index is 4.17. The van der Waals surface area contributed by atoms with Crippen molar-refractivity contribution in [2.75, 3.05) is 36.4 Å². The van der Waals surface area contributed by atoms with Crippen LogP contribution in [0.15, 0.2) is 36.7 Å². The lowest BCUT2D eigenvalue weighted by molar-refractivity contribution is 0.248. The van der Waals surface area contributed by atoms with Crippen LogP contribution in [0.5, 0.6) is 0 Å². The van der Waals surface area contributed by atoms with E-state index >= 15 is 0 Å². The Morgan fingerprint density at radius 3 is 2.32 bits per heavy atom. The van der Waals surface area contributed by atoms with Crippen LogP contribution >= 0.6 is 0 Å². The smallest absolute Gasteiger partial charge is 0.0770 e. The van der Waals surface area contributed by atoms with E-state index in [-0.39, 0.29) is 0 Å². The molecule has 2 heterocycles. The van der Waals surface area contributed by atoms with Crippen molar-refractivity contribution in [2.45, 2.75) is 18.9 Å². The molecule has 5 heteroatoms. The van der Waals surface area contributed by atoms with Crippen LogP contribution in [0.25, 0.3) is 0 Å². The molecule has 0 unspecified atom stereocenters. The molecule has 1 saturated carbocycles. The Morgan fingerprint density at radius 2 is 1.73 bits per heavy atom. The summed E-state index contributed by atoms with van der Waals surface area (Å²) in [5, 5.41) is 7.55. The Morgan fingerprint density at radius 1 is 1.00 bits per heavy atom. The van der Waals surface area contributed by atoms with Crippen molar-refractivity contribution in [3.05, 3.63) is 36.7 Å². The maximum Gasteiger partial charge on any atom is 0.0770 e. The van der Waals surface area contributed by atoms with Gasteiger partial charge < -0.3 is 10.2 Å². The molecule has 116 valence electrons. The highest BCUT2D eigenvalue weighted by Crippen LogP contribution is 2.29. The largest absolute Gasteiger partial charge is 0.369 e. The van der Waals surface area contributed by atoms with E-state index < -0.39 is 0 Å². The van der Waals surface area contributed by atoms with E-state index in [1.807, 2.05) is 19.4 Å². The quantitative estimate of drug-likeness (QED) is 0.940. The Balaban J connectivity index is 1.37. The summed E-state index contributed by atoms with van der Waals surface area (Å²) >= 11 is 0. The fraction of sp³-hybridized carbons (Fsp3) is 0.471. The van der Waals surface area contributed by atoms with Gasteiger partial charge in [0, 0.05) is 56.8 Å². The van der Waals surface area contributed by atoms with E-state index in [1.54, 1.807) is 4.68 Å². The van der Waals surface area contributed by atoms with Crippen LogP contribution in [0.1, 0.15) is 12.8 Å². The molecule has 1 aliphatic carbocycles. The third kappa shape index (κ3) is 2.95. The van der Waals surface area contributed by atoms with Crippen molar-refractivity contribution in [3.63, 3.8) is 0 Å². The van der Waals surface area contributed by atoms with Gasteiger partial charge in [-0.25, -0.2) is 0 Å². The molecule has 1 aromatic carbocycles. The van der Waals surface area contributed by atoms with Gasteiger partial charge in [0.2, 0.25) is 0 Å². The van der Waals surface area contributed by atoms with Gasteiger partial charge in [0.25, 0.3) is 0 Å². The standard InChI is InChI=1S/C17H23N5/c1-20-13-15(12-18-20)19-14-2-4-16(5-3-14)21-8-10-22(11-9-21)17-6-7-17/h2-5,12-13,17,19H,6-11H2,1H3. The van der Waals surface area contributed by atoms with Crippen molar-refractivity contribution in [2.24, 2.45) is 7.05 Å². The van der Waals surface area contributed by atoms with Gasteiger partial charge in [-0.05, 0) is 37.1 Å². The highest BCUT2D eigenvalue weighted by atomic mass is 15.3. The van der Waals surface area contributed by atoms with Gasteiger partial charge in [0.05, 0.1) is 11.9 Å². The first-order chi connectivity index (χ1) is 10.8. The van der Waals surface area contributed by atoms with E-state index in [2.05, 4.69) is 44.5 Å². The van der Waals surface area contributed by atoms with Crippen molar-refractivity contribution >= 4 is 17.1 Å². The molecule has 1 aliphatic heterocycles. The van der Waals surface area contributed by atoms with Crippen LogP contribution in [-0.4, -0.2) is 46.9 Å². The van der Waals surface area contributed by atoms with Crippen LogP contribution in [0, 0.1) is 0 Å². The Kier molecular flexibility index (Phi) is 3.50. The lowest BCUT2D eigenvalue weighted by Gasteiger charge is -2.36. The van der Waals surface area contributed by atoms with Crippen LogP contribution in [0.3, 0.4) is 0 Å². The number of piperazine rings is 1. The van der Waals surface area contributed by atoms with Gasteiger partial charge in [-0.15, -0.1) is 0 Å². The molecule has 0 radical (unpaired) electrons. The summed E-state index contributed by atoms with van der Waals surface area (Å²) < 4.78 is 1.80. The first-order valence-corrected chi connectivity index (χ1v) is 8.13. The number of benzene rings is 1. The van der Waals surface area contributed by atoms with Crippen LogP contribution in [0.4, 0.5) is 17.1 Å². The van der Waals surface area contributed by atoms with Crippen LogP contribution in [0.2, 0.25) is 0 Å². The van der Waals surface area contributed by atoms with Gasteiger partial charge in [0.15, 0.2) is 0 Å². The van der Waals surface area contributed by atoms with Crippen LogP contribution in [-0.2, 0) is 7.05 Å². The third-order valence-electron chi connectivity index (χ3n) is 4.60. The fourth-order valence-electron chi connectivity index (χ4n) is 3.19. The first-order valence-electron chi connectivity index (χ1n) is 8.13. The second kappa shape index (κ2) is 5.65. The zero-order chi connectivity index (χ0) is 14.9. The van der Waals surface area contributed by atoms with Crippen molar-refractivity contribution in [3.8, 4) is 0 Å². The summed E-state index contributed by atoms with van der Waals surface area (Å²) in [6.07, 6.45) is 6.64. The average molecular weight is 297 g/mol. The summed E-state index contributed by atoms with van der Waals surface area (Å²) in [4.78, 5) is 5.14. The molecule has 1 N–H and O–H groups in total. The zero-order valence-electron chi connectivity index (χ0n) is 13.1. The fourth-order valence-corrected chi connectivity index (χ4v) is 3.19. The number of hydrogen-bond donors (Lipinski definition) is 1. The summed E-state index contributed by atoms with van der Waals surface area (Å²) in [6, 6.07) is 9.62. The van der Waals surface area contributed by atoms with Crippen molar-refractivity contribution in [1.29, 1.82) is 0 Å². The lowest BCUT2D eigenvalue weighted by Crippen LogP contribution is -2.47. The molecule has 1 saturated heterocycles. The maximum atomic E-state index is 4.17. The Labute approximate surface area is 131 Å². The minimum atomic E-state index is 0.896.